The van der Waals surface area contributed by atoms with Crippen LogP contribution in [0, 0.1) is 0 Å². The molecule has 1 heterocycles. The van der Waals surface area contributed by atoms with Crippen LogP contribution in [0.15, 0.2) is 12.1 Å². The van der Waals surface area contributed by atoms with Crippen LogP contribution < -0.4 is 5.32 Å². The maximum absolute atomic E-state index is 11.6. The van der Waals surface area contributed by atoms with Gasteiger partial charge in [0.25, 0.3) is 0 Å². The molecule has 0 aliphatic heterocycles. The summed E-state index contributed by atoms with van der Waals surface area (Å²) in [6.45, 7) is 6.91. The van der Waals surface area contributed by atoms with Gasteiger partial charge in [-0.3, -0.25) is 4.79 Å². The van der Waals surface area contributed by atoms with Gasteiger partial charge in [0.15, 0.2) is 5.82 Å². The second kappa shape index (κ2) is 7.19. The summed E-state index contributed by atoms with van der Waals surface area (Å²) in [6, 6.07) is 3.69. The first-order chi connectivity index (χ1) is 8.93. The van der Waals surface area contributed by atoms with Gasteiger partial charge in [-0.05, 0) is 25.0 Å². The number of nitrogens with one attached hydrogen (secondary N) is 1. The number of ether oxygens (including phenoxy) is 1. The fourth-order valence-electron chi connectivity index (χ4n) is 1.54. The third-order valence-electron chi connectivity index (χ3n) is 2.70. The lowest BCUT2D eigenvalue weighted by Gasteiger charge is -2.16. The van der Waals surface area contributed by atoms with Gasteiger partial charge in [-0.2, -0.15) is 5.10 Å². The summed E-state index contributed by atoms with van der Waals surface area (Å²) in [5.74, 6) is 0.471. The normalized spacial score (nSPS) is 11.4. The zero-order chi connectivity index (χ0) is 14.3. The van der Waals surface area contributed by atoms with Crippen molar-refractivity contribution in [2.45, 2.75) is 45.4 Å². The predicted molar refractivity (Wildman–Crippen MR) is 75.1 cm³/mol. The van der Waals surface area contributed by atoms with Gasteiger partial charge in [-0.25, -0.2) is 0 Å². The third-order valence-corrected chi connectivity index (χ3v) is 2.70. The Morgan fingerprint density at radius 1 is 1.26 bits per heavy atom. The Morgan fingerprint density at radius 3 is 2.53 bits per heavy atom. The summed E-state index contributed by atoms with van der Waals surface area (Å²) in [5, 5.41) is 10.9. The molecule has 0 aromatic carbocycles. The van der Waals surface area contributed by atoms with Crippen LogP contribution in [0.5, 0.6) is 0 Å². The number of rotatable bonds is 6. The van der Waals surface area contributed by atoms with E-state index in [9.17, 15) is 4.79 Å². The van der Waals surface area contributed by atoms with Gasteiger partial charge in [-0.1, -0.05) is 20.8 Å². The average molecular weight is 265 g/mol. The highest BCUT2D eigenvalue weighted by atomic mass is 16.5. The number of carbonyl (C=O) groups excluding carboxylic acids is 1. The first-order valence-electron chi connectivity index (χ1n) is 6.56. The molecule has 19 heavy (non-hydrogen) atoms. The summed E-state index contributed by atoms with van der Waals surface area (Å²) in [6.07, 6.45) is 2.18. The highest BCUT2D eigenvalue weighted by molar-refractivity contribution is 5.89. The lowest BCUT2D eigenvalue weighted by atomic mass is 9.92. The van der Waals surface area contributed by atoms with E-state index in [2.05, 4.69) is 36.3 Å². The highest BCUT2D eigenvalue weighted by Gasteiger charge is 2.15. The number of aromatic nitrogens is 2. The van der Waals surface area contributed by atoms with Crippen molar-refractivity contribution in [3.05, 3.63) is 17.8 Å². The Balaban J connectivity index is 2.43. The molecule has 1 amide bonds. The third kappa shape index (κ3) is 5.79. The van der Waals surface area contributed by atoms with E-state index in [1.54, 1.807) is 13.2 Å². The Labute approximate surface area is 114 Å². The van der Waals surface area contributed by atoms with E-state index in [0.717, 1.165) is 18.5 Å². The van der Waals surface area contributed by atoms with Crippen molar-refractivity contribution >= 4 is 11.7 Å². The maximum atomic E-state index is 11.6. The summed E-state index contributed by atoms with van der Waals surface area (Å²) in [5.41, 5.74) is 0.876. The van der Waals surface area contributed by atoms with Crippen LogP contribution in [0.25, 0.3) is 0 Å². The molecule has 1 rings (SSSR count). The fraction of sp³-hybridized carbons (Fsp3) is 0.643. The second-order valence-corrected chi connectivity index (χ2v) is 5.55. The monoisotopic (exact) mass is 265 g/mol. The second-order valence-electron chi connectivity index (χ2n) is 5.55. The van der Waals surface area contributed by atoms with Crippen molar-refractivity contribution in [3.63, 3.8) is 0 Å². The van der Waals surface area contributed by atoms with Crippen molar-refractivity contribution in [1.82, 2.24) is 10.2 Å². The number of hydrogen-bond acceptors (Lipinski definition) is 4. The number of amides is 1. The smallest absolute Gasteiger partial charge is 0.225 e. The highest BCUT2D eigenvalue weighted by Crippen LogP contribution is 2.19. The quantitative estimate of drug-likeness (QED) is 0.803. The summed E-state index contributed by atoms with van der Waals surface area (Å²) < 4.78 is 4.93. The van der Waals surface area contributed by atoms with Gasteiger partial charge >= 0.3 is 0 Å². The van der Waals surface area contributed by atoms with E-state index >= 15 is 0 Å². The van der Waals surface area contributed by atoms with Crippen LogP contribution in [0.2, 0.25) is 0 Å². The van der Waals surface area contributed by atoms with Gasteiger partial charge in [-0.15, -0.1) is 5.10 Å². The topological polar surface area (TPSA) is 64.1 Å². The van der Waals surface area contributed by atoms with Crippen molar-refractivity contribution in [2.24, 2.45) is 0 Å². The first kappa shape index (κ1) is 15.6. The van der Waals surface area contributed by atoms with Crippen molar-refractivity contribution < 1.29 is 9.53 Å². The van der Waals surface area contributed by atoms with E-state index in [0.29, 0.717) is 18.8 Å². The van der Waals surface area contributed by atoms with Gasteiger partial charge in [0.1, 0.15) is 0 Å². The Bertz CT molecular complexity index is 396. The van der Waals surface area contributed by atoms with Crippen molar-refractivity contribution in [3.8, 4) is 0 Å². The Hall–Kier alpha value is -1.49. The lowest BCUT2D eigenvalue weighted by molar-refractivity contribution is -0.116. The van der Waals surface area contributed by atoms with Gasteiger partial charge in [0.2, 0.25) is 5.91 Å². The fourth-order valence-corrected chi connectivity index (χ4v) is 1.54. The van der Waals surface area contributed by atoms with Gasteiger partial charge in [0, 0.05) is 25.6 Å². The molecule has 0 aliphatic rings. The molecule has 0 radical (unpaired) electrons. The minimum atomic E-state index is -0.0334. The molecule has 0 unspecified atom stereocenters. The summed E-state index contributed by atoms with van der Waals surface area (Å²) in [7, 11) is 1.66. The molecule has 0 spiro atoms. The lowest BCUT2D eigenvalue weighted by Crippen LogP contribution is -2.17. The van der Waals surface area contributed by atoms with Crippen LogP contribution in [0.3, 0.4) is 0 Å². The Morgan fingerprint density at radius 2 is 2.00 bits per heavy atom. The molecule has 0 saturated carbocycles. The number of carbonyl (C=O) groups is 1. The van der Waals surface area contributed by atoms with E-state index in [-0.39, 0.29) is 11.3 Å². The zero-order valence-corrected chi connectivity index (χ0v) is 12.2. The van der Waals surface area contributed by atoms with Crippen LogP contribution in [0.1, 0.15) is 45.7 Å². The van der Waals surface area contributed by atoms with E-state index < -0.39 is 0 Å². The molecule has 1 N–H and O–H groups in total. The number of unbranched alkanes of at least 4 members (excludes halogenated alkanes) is 1. The first-order valence-corrected chi connectivity index (χ1v) is 6.56. The molecule has 1 aromatic rings. The standard InChI is InChI=1S/C14H23N3O2/c1-14(2,3)11-8-9-12(17-16-11)15-13(18)7-5-6-10-19-4/h8-9H,5-7,10H2,1-4H3,(H,15,17,18). The minimum Gasteiger partial charge on any atom is -0.385 e. The largest absolute Gasteiger partial charge is 0.385 e. The maximum Gasteiger partial charge on any atom is 0.225 e. The van der Waals surface area contributed by atoms with Gasteiger partial charge < -0.3 is 10.1 Å². The molecule has 5 nitrogen and oxygen atoms in total. The summed E-state index contributed by atoms with van der Waals surface area (Å²) in [4.78, 5) is 11.6. The molecular weight excluding hydrogens is 242 g/mol. The molecule has 0 bridgehead atoms. The van der Waals surface area contributed by atoms with E-state index in [1.165, 1.54) is 0 Å². The number of anilines is 1. The number of hydrogen-bond donors (Lipinski definition) is 1. The number of nitrogens with zero attached hydrogens (tertiary/aromatic N) is 2. The SMILES string of the molecule is COCCCCC(=O)Nc1ccc(C(C)(C)C)nn1. The molecule has 0 atom stereocenters. The molecule has 0 fully saturated rings. The molecule has 0 saturated heterocycles. The Kier molecular flexibility index (Phi) is 5.89. The number of methoxy groups -OCH3 is 1. The summed E-state index contributed by atoms with van der Waals surface area (Å²) >= 11 is 0. The molecular formula is C14H23N3O2. The molecule has 5 heteroatoms. The predicted octanol–water partition coefficient (Wildman–Crippen LogP) is 2.53. The van der Waals surface area contributed by atoms with Crippen LogP contribution >= 0.6 is 0 Å². The average Bonchev–Trinajstić information content (AvgIpc) is 2.34. The minimum absolute atomic E-state index is 0.0321. The van der Waals surface area contributed by atoms with Crippen LogP contribution in [0.4, 0.5) is 5.82 Å². The van der Waals surface area contributed by atoms with E-state index in [4.69, 9.17) is 4.74 Å². The van der Waals surface area contributed by atoms with E-state index in [1.807, 2.05) is 6.07 Å². The molecule has 1 aromatic heterocycles. The zero-order valence-electron chi connectivity index (χ0n) is 12.2. The molecule has 106 valence electrons. The molecule has 0 aliphatic carbocycles. The van der Waals surface area contributed by atoms with Crippen LogP contribution in [-0.2, 0) is 14.9 Å². The van der Waals surface area contributed by atoms with Crippen molar-refractivity contribution in [1.29, 1.82) is 0 Å². The van der Waals surface area contributed by atoms with Gasteiger partial charge in [0.05, 0.1) is 5.69 Å². The van der Waals surface area contributed by atoms with Crippen LogP contribution in [-0.4, -0.2) is 29.8 Å². The van der Waals surface area contributed by atoms with Crippen molar-refractivity contribution in [2.75, 3.05) is 19.0 Å².